The van der Waals surface area contributed by atoms with Crippen LogP contribution < -0.4 is 27.8 Å². The van der Waals surface area contributed by atoms with Crippen molar-refractivity contribution in [1.82, 2.24) is 15.3 Å². The maximum atomic E-state index is 12.4. The van der Waals surface area contributed by atoms with Crippen molar-refractivity contribution in [2.45, 2.75) is 25.0 Å². The van der Waals surface area contributed by atoms with Crippen molar-refractivity contribution in [2.75, 3.05) is 16.8 Å². The monoisotopic (exact) mass is 443 g/mol. The Balaban J connectivity index is 1.66. The van der Waals surface area contributed by atoms with E-state index in [2.05, 4.69) is 20.6 Å². The Labute approximate surface area is 180 Å². The van der Waals surface area contributed by atoms with E-state index in [0.29, 0.717) is 23.2 Å². The van der Waals surface area contributed by atoms with Gasteiger partial charge in [-0.25, -0.2) is 4.79 Å². The summed E-state index contributed by atoms with van der Waals surface area (Å²) in [5.41, 5.74) is 16.7. The first-order chi connectivity index (χ1) is 15.1. The zero-order chi connectivity index (χ0) is 23.5. The number of benzene rings is 1. The predicted octanol–water partition coefficient (Wildman–Crippen LogP) is 0.333. The van der Waals surface area contributed by atoms with Crippen LogP contribution in [0.25, 0.3) is 11.1 Å². The SMILES string of the molecule is Nc1nc(N)c2c(CNc3ccc(C(=O)N[C@](N)(CCC(=O)O)C(=O)O)cc3)coc2n1. The highest BCUT2D eigenvalue weighted by Gasteiger charge is 2.36. The highest BCUT2D eigenvalue weighted by atomic mass is 16.4. The topological polar surface area (TPSA) is 233 Å². The van der Waals surface area contributed by atoms with Crippen molar-refractivity contribution < 1.29 is 29.0 Å². The van der Waals surface area contributed by atoms with Crippen molar-refractivity contribution in [1.29, 1.82) is 0 Å². The van der Waals surface area contributed by atoms with Gasteiger partial charge in [-0.05, 0) is 24.3 Å². The number of aliphatic carboxylic acids is 2. The molecule has 0 spiro atoms. The van der Waals surface area contributed by atoms with Gasteiger partial charge in [0, 0.05) is 36.2 Å². The first-order valence-corrected chi connectivity index (χ1v) is 9.28. The molecule has 2 aromatic heterocycles. The van der Waals surface area contributed by atoms with Crippen LogP contribution in [0.2, 0.25) is 0 Å². The number of amides is 1. The number of aromatic nitrogens is 2. The lowest BCUT2D eigenvalue weighted by Crippen LogP contribution is -2.61. The molecule has 0 radical (unpaired) electrons. The van der Waals surface area contributed by atoms with Gasteiger partial charge < -0.3 is 36.7 Å². The summed E-state index contributed by atoms with van der Waals surface area (Å²) in [5.74, 6) is -3.33. The summed E-state index contributed by atoms with van der Waals surface area (Å²) >= 11 is 0. The quantitative estimate of drug-likeness (QED) is 0.222. The normalized spacial score (nSPS) is 12.8. The number of nitrogens with zero attached hydrogens (tertiary/aromatic N) is 2. The first kappa shape index (κ1) is 22.3. The molecule has 0 fully saturated rings. The molecule has 1 amide bonds. The van der Waals surface area contributed by atoms with E-state index in [-0.39, 0.29) is 23.0 Å². The minimum atomic E-state index is -2.21. The van der Waals surface area contributed by atoms with Crippen LogP contribution in [-0.2, 0) is 16.1 Å². The first-order valence-electron chi connectivity index (χ1n) is 9.28. The lowest BCUT2D eigenvalue weighted by Gasteiger charge is -2.25. The van der Waals surface area contributed by atoms with E-state index in [1.807, 2.05) is 0 Å². The highest BCUT2D eigenvalue weighted by molar-refractivity contribution is 5.98. The molecule has 3 rings (SSSR count). The Morgan fingerprint density at radius 2 is 1.78 bits per heavy atom. The van der Waals surface area contributed by atoms with Gasteiger partial charge in [0.25, 0.3) is 5.91 Å². The fourth-order valence-electron chi connectivity index (χ4n) is 2.92. The van der Waals surface area contributed by atoms with Crippen molar-refractivity contribution in [2.24, 2.45) is 5.73 Å². The average Bonchev–Trinajstić information content (AvgIpc) is 3.14. The zero-order valence-electron chi connectivity index (χ0n) is 16.7. The molecule has 0 saturated carbocycles. The van der Waals surface area contributed by atoms with Crippen molar-refractivity contribution >= 4 is 46.4 Å². The van der Waals surface area contributed by atoms with Crippen molar-refractivity contribution in [3.63, 3.8) is 0 Å². The molecule has 10 N–H and O–H groups in total. The van der Waals surface area contributed by atoms with E-state index in [0.717, 1.165) is 0 Å². The molecule has 1 aromatic carbocycles. The molecule has 3 aromatic rings. The molecule has 13 heteroatoms. The maximum absolute atomic E-state index is 12.4. The summed E-state index contributed by atoms with van der Waals surface area (Å²) in [5, 5.41) is 23.9. The average molecular weight is 443 g/mol. The van der Waals surface area contributed by atoms with E-state index >= 15 is 0 Å². The molecule has 0 aliphatic rings. The fourth-order valence-corrected chi connectivity index (χ4v) is 2.92. The Hall–Kier alpha value is -4.39. The number of nitrogen functional groups attached to an aromatic ring is 2. The molecule has 2 heterocycles. The molecule has 0 bridgehead atoms. The summed E-state index contributed by atoms with van der Waals surface area (Å²) in [7, 11) is 0. The minimum Gasteiger partial charge on any atom is -0.481 e. The third kappa shape index (κ3) is 4.84. The number of anilines is 3. The predicted molar refractivity (Wildman–Crippen MR) is 113 cm³/mol. The molecule has 0 aliphatic carbocycles. The summed E-state index contributed by atoms with van der Waals surface area (Å²) in [4.78, 5) is 42.4. The summed E-state index contributed by atoms with van der Waals surface area (Å²) < 4.78 is 5.35. The van der Waals surface area contributed by atoms with Crippen molar-refractivity contribution in [3.05, 3.63) is 41.7 Å². The number of hydrogen-bond donors (Lipinski definition) is 7. The third-order valence-corrected chi connectivity index (χ3v) is 4.64. The number of carboxylic acid groups (broad SMARTS) is 2. The Bertz CT molecular complexity index is 1180. The maximum Gasteiger partial charge on any atom is 0.344 e. The lowest BCUT2D eigenvalue weighted by atomic mass is 10.0. The van der Waals surface area contributed by atoms with Gasteiger partial charge in [-0.15, -0.1) is 0 Å². The van der Waals surface area contributed by atoms with Crippen LogP contribution in [0.15, 0.2) is 34.9 Å². The van der Waals surface area contributed by atoms with Crippen LogP contribution in [-0.4, -0.2) is 43.7 Å². The molecule has 13 nitrogen and oxygen atoms in total. The summed E-state index contributed by atoms with van der Waals surface area (Å²) in [6.07, 6.45) is 0.491. The molecule has 32 heavy (non-hydrogen) atoms. The van der Waals surface area contributed by atoms with E-state index in [1.54, 1.807) is 12.1 Å². The van der Waals surface area contributed by atoms with Crippen LogP contribution in [0.3, 0.4) is 0 Å². The Kier molecular flexibility index (Phi) is 6.11. The van der Waals surface area contributed by atoms with Crippen LogP contribution in [0.5, 0.6) is 0 Å². The van der Waals surface area contributed by atoms with Gasteiger partial charge in [0.2, 0.25) is 11.7 Å². The second-order valence-corrected chi connectivity index (χ2v) is 6.96. The van der Waals surface area contributed by atoms with Gasteiger partial charge in [0.15, 0.2) is 5.66 Å². The second kappa shape index (κ2) is 8.77. The Morgan fingerprint density at radius 1 is 1.09 bits per heavy atom. The summed E-state index contributed by atoms with van der Waals surface area (Å²) in [6, 6.07) is 6.13. The van der Waals surface area contributed by atoms with Crippen LogP contribution in [0.1, 0.15) is 28.8 Å². The molecule has 1 atom stereocenters. The number of nitrogens with one attached hydrogen (secondary N) is 2. The van der Waals surface area contributed by atoms with Gasteiger partial charge in [0.05, 0.1) is 11.6 Å². The minimum absolute atomic E-state index is 0.00470. The smallest absolute Gasteiger partial charge is 0.344 e. The van der Waals surface area contributed by atoms with Gasteiger partial charge in [0.1, 0.15) is 5.82 Å². The highest BCUT2D eigenvalue weighted by Crippen LogP contribution is 2.25. The molecule has 168 valence electrons. The fraction of sp³-hybridized carbons (Fsp3) is 0.211. The van der Waals surface area contributed by atoms with E-state index in [9.17, 15) is 19.5 Å². The van der Waals surface area contributed by atoms with Crippen LogP contribution >= 0.6 is 0 Å². The van der Waals surface area contributed by atoms with Gasteiger partial charge in [-0.3, -0.25) is 15.3 Å². The number of hydrogen-bond acceptors (Lipinski definition) is 10. The van der Waals surface area contributed by atoms with Crippen LogP contribution in [0.4, 0.5) is 17.5 Å². The van der Waals surface area contributed by atoms with E-state index < -0.39 is 36.4 Å². The summed E-state index contributed by atoms with van der Waals surface area (Å²) in [6.45, 7) is 0.316. The number of carbonyl (C=O) groups excluding carboxylic acids is 1. The second-order valence-electron chi connectivity index (χ2n) is 6.96. The lowest BCUT2D eigenvalue weighted by molar-refractivity contribution is -0.145. The molecular formula is C19H21N7O6. The number of nitrogens with two attached hydrogens (primary N) is 3. The number of carboxylic acids is 2. The number of rotatable bonds is 9. The van der Waals surface area contributed by atoms with Crippen LogP contribution in [0, 0.1) is 0 Å². The van der Waals surface area contributed by atoms with Gasteiger partial charge in [-0.2, -0.15) is 9.97 Å². The zero-order valence-corrected chi connectivity index (χ0v) is 16.7. The molecular weight excluding hydrogens is 422 g/mol. The molecule has 0 aliphatic heterocycles. The molecule has 0 saturated heterocycles. The largest absolute Gasteiger partial charge is 0.481 e. The van der Waals surface area contributed by atoms with Gasteiger partial charge >= 0.3 is 11.9 Å². The van der Waals surface area contributed by atoms with E-state index in [1.165, 1.54) is 18.4 Å². The Morgan fingerprint density at radius 3 is 2.41 bits per heavy atom. The third-order valence-electron chi connectivity index (χ3n) is 4.64. The number of furan rings is 1. The van der Waals surface area contributed by atoms with Crippen molar-refractivity contribution in [3.8, 4) is 0 Å². The number of fused-ring (bicyclic) bond motifs is 1. The van der Waals surface area contributed by atoms with Gasteiger partial charge in [-0.1, -0.05) is 0 Å². The molecule has 0 unspecified atom stereocenters. The standard InChI is InChI=1S/C19H21N7O6/c20-14-13-10(8-32-16(13)25-18(21)24-14)7-23-11-3-1-9(2-4-11)15(29)26-19(22,17(30)31)6-5-12(27)28/h1-4,8,23H,5-7,22H2,(H,26,29)(H,27,28)(H,30,31)(H4,20,21,24,25)/t19-/m1/s1. The van der Waals surface area contributed by atoms with E-state index in [4.69, 9.17) is 26.7 Å². The number of carbonyl (C=O) groups is 3.